The Balaban J connectivity index is 1.84. The number of hydrogen-bond acceptors (Lipinski definition) is 3. The molecule has 19 heavy (non-hydrogen) atoms. The Morgan fingerprint density at radius 2 is 1.63 bits per heavy atom. The normalized spacial score (nSPS) is 15.2. The average Bonchev–Trinajstić information content (AvgIpc) is 2.47. The molecule has 2 rings (SSSR count). The average molecular weight is 262 g/mol. The zero-order valence-corrected chi connectivity index (χ0v) is 10.7. The van der Waals surface area contributed by atoms with Crippen molar-refractivity contribution in [2.75, 3.05) is 26.2 Å². The fraction of sp³-hybridized carbons (Fsp3) is 0.385. The third-order valence-corrected chi connectivity index (χ3v) is 3.24. The molecule has 0 radical (unpaired) electrons. The van der Waals surface area contributed by atoms with Crippen LogP contribution in [0.5, 0.6) is 0 Å². The van der Waals surface area contributed by atoms with Crippen molar-refractivity contribution in [1.82, 2.24) is 15.2 Å². The van der Waals surface area contributed by atoms with Crippen molar-refractivity contribution in [2.24, 2.45) is 5.84 Å². The van der Waals surface area contributed by atoms with E-state index in [1.165, 1.54) is 0 Å². The van der Waals surface area contributed by atoms with Gasteiger partial charge in [0.05, 0.1) is 6.42 Å². The van der Waals surface area contributed by atoms with E-state index in [1.54, 1.807) is 9.80 Å². The second-order valence-corrected chi connectivity index (χ2v) is 4.48. The van der Waals surface area contributed by atoms with Gasteiger partial charge >= 0.3 is 6.03 Å². The van der Waals surface area contributed by atoms with Crippen molar-refractivity contribution in [2.45, 2.75) is 6.42 Å². The van der Waals surface area contributed by atoms with Gasteiger partial charge in [-0.05, 0) is 5.56 Å². The van der Waals surface area contributed by atoms with Crippen molar-refractivity contribution < 1.29 is 9.59 Å². The molecule has 0 spiro atoms. The van der Waals surface area contributed by atoms with E-state index < -0.39 is 0 Å². The fourth-order valence-electron chi connectivity index (χ4n) is 2.13. The van der Waals surface area contributed by atoms with E-state index in [-0.39, 0.29) is 11.9 Å². The van der Waals surface area contributed by atoms with E-state index in [4.69, 9.17) is 5.84 Å². The van der Waals surface area contributed by atoms with E-state index in [0.717, 1.165) is 5.56 Å². The van der Waals surface area contributed by atoms with Crippen LogP contribution in [0.1, 0.15) is 5.56 Å². The molecule has 0 aromatic heterocycles. The number of carbonyl (C=O) groups excluding carboxylic acids is 2. The third kappa shape index (κ3) is 3.45. The standard InChI is InChI=1S/C13H18N4O2/c14-15-13(19)17-8-6-16(7-9-17)12(18)10-11-4-2-1-3-5-11/h1-5H,6-10,14H2,(H,15,19). The largest absolute Gasteiger partial charge is 0.339 e. The molecule has 0 unspecified atom stereocenters. The Kier molecular flexibility index (Phi) is 4.35. The number of nitrogens with one attached hydrogen (secondary N) is 1. The minimum atomic E-state index is -0.296. The van der Waals surface area contributed by atoms with Crippen LogP contribution in [-0.4, -0.2) is 47.9 Å². The molecule has 3 N–H and O–H groups in total. The molecule has 6 nitrogen and oxygen atoms in total. The number of carbonyl (C=O) groups is 2. The van der Waals surface area contributed by atoms with Crippen LogP contribution in [0.4, 0.5) is 4.79 Å². The number of hydrazine groups is 1. The van der Waals surface area contributed by atoms with E-state index in [0.29, 0.717) is 32.6 Å². The Morgan fingerprint density at radius 1 is 1.05 bits per heavy atom. The Labute approximate surface area is 112 Å². The zero-order valence-electron chi connectivity index (χ0n) is 10.7. The third-order valence-electron chi connectivity index (χ3n) is 3.24. The first-order chi connectivity index (χ1) is 9.20. The van der Waals surface area contributed by atoms with Gasteiger partial charge in [-0.15, -0.1) is 0 Å². The van der Waals surface area contributed by atoms with Crippen LogP contribution in [0.25, 0.3) is 0 Å². The maximum absolute atomic E-state index is 12.1. The highest BCUT2D eigenvalue weighted by Crippen LogP contribution is 2.06. The predicted octanol–water partition coefficient (Wildman–Crippen LogP) is -0.0434. The lowest BCUT2D eigenvalue weighted by molar-refractivity contribution is -0.131. The molecule has 6 heteroatoms. The first kappa shape index (κ1) is 13.4. The van der Waals surface area contributed by atoms with Gasteiger partial charge in [0.25, 0.3) is 0 Å². The van der Waals surface area contributed by atoms with Crippen molar-refractivity contribution in [3.05, 3.63) is 35.9 Å². The molecule has 1 aliphatic rings. The van der Waals surface area contributed by atoms with Crippen molar-refractivity contribution in [3.8, 4) is 0 Å². The smallest absolute Gasteiger partial charge is 0.331 e. The number of nitrogens with zero attached hydrogens (tertiary/aromatic N) is 2. The number of rotatable bonds is 2. The summed E-state index contributed by atoms with van der Waals surface area (Å²) in [6.07, 6.45) is 0.407. The summed E-state index contributed by atoms with van der Waals surface area (Å²) in [7, 11) is 0. The van der Waals surface area contributed by atoms with Crippen LogP contribution in [0.2, 0.25) is 0 Å². The summed E-state index contributed by atoms with van der Waals surface area (Å²) in [6, 6.07) is 9.36. The van der Waals surface area contributed by atoms with Gasteiger partial charge in [-0.2, -0.15) is 0 Å². The molecule has 1 aromatic rings. The van der Waals surface area contributed by atoms with Crippen molar-refractivity contribution >= 4 is 11.9 Å². The lowest BCUT2D eigenvalue weighted by atomic mass is 10.1. The van der Waals surface area contributed by atoms with Gasteiger partial charge in [0.15, 0.2) is 0 Å². The van der Waals surface area contributed by atoms with Crippen LogP contribution < -0.4 is 11.3 Å². The first-order valence-electron chi connectivity index (χ1n) is 6.28. The highest BCUT2D eigenvalue weighted by atomic mass is 16.2. The lowest BCUT2D eigenvalue weighted by Gasteiger charge is -2.34. The van der Waals surface area contributed by atoms with Crippen LogP contribution in [0, 0.1) is 0 Å². The van der Waals surface area contributed by atoms with Gasteiger partial charge in [0, 0.05) is 26.2 Å². The minimum Gasteiger partial charge on any atom is -0.339 e. The maximum Gasteiger partial charge on any atom is 0.331 e. The fourth-order valence-corrected chi connectivity index (χ4v) is 2.13. The van der Waals surface area contributed by atoms with Crippen molar-refractivity contribution in [1.29, 1.82) is 0 Å². The predicted molar refractivity (Wildman–Crippen MR) is 71.0 cm³/mol. The molecule has 1 saturated heterocycles. The summed E-state index contributed by atoms with van der Waals surface area (Å²) in [4.78, 5) is 26.8. The Bertz CT molecular complexity index is 441. The van der Waals surface area contributed by atoms with E-state index in [9.17, 15) is 9.59 Å². The summed E-state index contributed by atoms with van der Waals surface area (Å²) >= 11 is 0. The maximum atomic E-state index is 12.1. The van der Waals surface area contributed by atoms with E-state index in [1.807, 2.05) is 30.3 Å². The second kappa shape index (κ2) is 6.19. The molecule has 1 fully saturated rings. The number of hydrogen-bond donors (Lipinski definition) is 2. The molecular weight excluding hydrogens is 244 g/mol. The molecule has 0 atom stereocenters. The van der Waals surface area contributed by atoms with E-state index in [2.05, 4.69) is 5.43 Å². The summed E-state index contributed by atoms with van der Waals surface area (Å²) in [5.41, 5.74) is 3.11. The van der Waals surface area contributed by atoms with Gasteiger partial charge in [-0.1, -0.05) is 30.3 Å². The van der Waals surface area contributed by atoms with Gasteiger partial charge in [-0.3, -0.25) is 10.2 Å². The Hall–Kier alpha value is -2.08. The van der Waals surface area contributed by atoms with Crippen molar-refractivity contribution in [3.63, 3.8) is 0 Å². The SMILES string of the molecule is NNC(=O)N1CCN(C(=O)Cc2ccccc2)CC1. The molecule has 0 bridgehead atoms. The molecule has 0 aliphatic carbocycles. The quantitative estimate of drug-likeness (QED) is 0.446. The van der Waals surface area contributed by atoms with Crippen LogP contribution in [0.15, 0.2) is 30.3 Å². The van der Waals surface area contributed by atoms with Gasteiger partial charge in [0.2, 0.25) is 5.91 Å². The number of piperazine rings is 1. The molecular formula is C13H18N4O2. The molecule has 1 aromatic carbocycles. The monoisotopic (exact) mass is 262 g/mol. The lowest BCUT2D eigenvalue weighted by Crippen LogP contribution is -2.54. The van der Waals surface area contributed by atoms with Gasteiger partial charge < -0.3 is 9.80 Å². The number of nitrogens with two attached hydrogens (primary N) is 1. The highest BCUT2D eigenvalue weighted by Gasteiger charge is 2.23. The van der Waals surface area contributed by atoms with Crippen LogP contribution in [0.3, 0.4) is 0 Å². The number of urea groups is 1. The molecule has 0 saturated carbocycles. The minimum absolute atomic E-state index is 0.0963. The topological polar surface area (TPSA) is 78.7 Å². The second-order valence-electron chi connectivity index (χ2n) is 4.48. The molecule has 1 heterocycles. The molecule has 3 amide bonds. The van der Waals surface area contributed by atoms with Gasteiger partial charge in [-0.25, -0.2) is 10.6 Å². The van der Waals surface area contributed by atoms with E-state index >= 15 is 0 Å². The Morgan fingerprint density at radius 3 is 2.21 bits per heavy atom. The number of benzene rings is 1. The zero-order chi connectivity index (χ0) is 13.7. The summed E-state index contributed by atoms with van der Waals surface area (Å²) < 4.78 is 0. The summed E-state index contributed by atoms with van der Waals surface area (Å²) in [6.45, 7) is 2.14. The van der Waals surface area contributed by atoms with Gasteiger partial charge in [0.1, 0.15) is 0 Å². The molecule has 102 valence electrons. The highest BCUT2D eigenvalue weighted by molar-refractivity contribution is 5.79. The summed E-state index contributed by atoms with van der Waals surface area (Å²) in [5, 5.41) is 0. The summed E-state index contributed by atoms with van der Waals surface area (Å²) in [5.74, 6) is 5.17. The first-order valence-corrected chi connectivity index (χ1v) is 6.28. The molecule has 1 aliphatic heterocycles. The van der Waals surface area contributed by atoms with Crippen LogP contribution >= 0.6 is 0 Å². The number of amides is 3. The van der Waals surface area contributed by atoms with Crippen LogP contribution in [-0.2, 0) is 11.2 Å².